The summed E-state index contributed by atoms with van der Waals surface area (Å²) >= 11 is 0. The Balaban J connectivity index is 1.68. The van der Waals surface area contributed by atoms with E-state index in [1.165, 1.54) is 31.0 Å². The van der Waals surface area contributed by atoms with Crippen molar-refractivity contribution in [2.24, 2.45) is 5.73 Å². The molecule has 2 aliphatic rings. The predicted octanol–water partition coefficient (Wildman–Crippen LogP) is 6.10. The fraction of sp³-hybridized carbons (Fsp3) is 0.500. The topological polar surface area (TPSA) is 78.7 Å². The molecule has 4 atom stereocenters. The van der Waals surface area contributed by atoms with Gasteiger partial charge in [-0.05, 0) is 86.6 Å². The molecule has 0 bridgehead atoms. The first-order chi connectivity index (χ1) is 18.9. The average molecular weight is 589 g/mol. The smallest absolute Gasteiger partial charge is 0.368 e. The van der Waals surface area contributed by atoms with E-state index in [0.29, 0.717) is 48.9 Å². The molecule has 2 heterocycles. The van der Waals surface area contributed by atoms with E-state index < -0.39 is 64.9 Å². The lowest BCUT2D eigenvalue weighted by Gasteiger charge is -2.47. The maximum Gasteiger partial charge on any atom is 0.416 e. The third kappa shape index (κ3) is 6.29. The number of primary amides is 1. The van der Waals surface area contributed by atoms with Gasteiger partial charge < -0.3 is 20.9 Å². The number of carbonyl (C=O) groups excluding carboxylic acids is 2. The van der Waals surface area contributed by atoms with Crippen LogP contribution in [0.3, 0.4) is 0 Å². The third-order valence-corrected chi connectivity index (χ3v) is 8.34. The van der Waals surface area contributed by atoms with Crippen LogP contribution in [0.4, 0.5) is 35.5 Å². The molecule has 1 spiro atoms. The Labute approximate surface area is 232 Å². The number of hydrogen-bond donors (Lipinski definition) is 2. The van der Waals surface area contributed by atoms with Crippen LogP contribution >= 0.6 is 0 Å². The highest BCUT2D eigenvalue weighted by atomic mass is 19.4. The number of piperidine rings is 1. The van der Waals surface area contributed by atoms with E-state index in [4.69, 9.17) is 5.73 Å². The van der Waals surface area contributed by atoms with Crippen molar-refractivity contribution in [1.82, 2.24) is 15.1 Å². The van der Waals surface area contributed by atoms with Crippen LogP contribution in [0.2, 0.25) is 0 Å². The Morgan fingerprint density at radius 2 is 1.66 bits per heavy atom. The lowest BCUT2D eigenvalue weighted by molar-refractivity contribution is -0.143. The van der Waals surface area contributed by atoms with Crippen LogP contribution in [0.15, 0.2) is 36.4 Å². The van der Waals surface area contributed by atoms with Crippen molar-refractivity contribution in [2.75, 3.05) is 13.6 Å². The zero-order valence-electron chi connectivity index (χ0n) is 22.7. The van der Waals surface area contributed by atoms with Gasteiger partial charge in [0.25, 0.3) is 0 Å². The number of amides is 3. The molecule has 2 saturated heterocycles. The molecule has 0 aliphatic carbocycles. The van der Waals surface area contributed by atoms with E-state index in [1.807, 2.05) is 0 Å². The summed E-state index contributed by atoms with van der Waals surface area (Å²) in [6.45, 7) is 3.21. The largest absolute Gasteiger partial charge is 0.416 e. The van der Waals surface area contributed by atoms with Gasteiger partial charge in [-0.2, -0.15) is 26.3 Å². The van der Waals surface area contributed by atoms with Crippen LogP contribution in [0, 0.1) is 12.7 Å². The molecule has 13 heteroatoms. The molecule has 2 fully saturated rings. The van der Waals surface area contributed by atoms with Gasteiger partial charge in [0.05, 0.1) is 29.3 Å². The van der Waals surface area contributed by atoms with Crippen LogP contribution in [0.1, 0.15) is 72.5 Å². The summed E-state index contributed by atoms with van der Waals surface area (Å²) in [5, 5.41) is 3.30. The number of nitrogens with one attached hydrogen (secondary N) is 1. The van der Waals surface area contributed by atoms with Crippen molar-refractivity contribution in [3.05, 3.63) is 70.0 Å². The van der Waals surface area contributed by atoms with Gasteiger partial charge in [-0.25, -0.2) is 9.18 Å². The van der Waals surface area contributed by atoms with Gasteiger partial charge in [0, 0.05) is 19.1 Å². The van der Waals surface area contributed by atoms with Gasteiger partial charge in [-0.3, -0.25) is 4.79 Å². The Kier molecular flexibility index (Phi) is 8.07. The monoisotopic (exact) mass is 588 g/mol. The molecule has 2 aliphatic heterocycles. The van der Waals surface area contributed by atoms with Crippen molar-refractivity contribution < 1.29 is 40.3 Å². The number of nitrogens with two attached hydrogens (primary N) is 1. The summed E-state index contributed by atoms with van der Waals surface area (Å²) in [6.07, 6.45) is -8.16. The Morgan fingerprint density at radius 3 is 2.17 bits per heavy atom. The minimum atomic E-state index is -5.03. The van der Waals surface area contributed by atoms with Gasteiger partial charge in [0.15, 0.2) is 0 Å². The minimum Gasteiger partial charge on any atom is -0.368 e. The van der Waals surface area contributed by atoms with E-state index in [1.54, 1.807) is 13.0 Å². The molecule has 0 radical (unpaired) electrons. The fourth-order valence-corrected chi connectivity index (χ4v) is 5.91. The summed E-state index contributed by atoms with van der Waals surface area (Å²) in [4.78, 5) is 28.3. The number of carbonyl (C=O) groups is 2. The average Bonchev–Trinajstić information content (AvgIpc) is 3.29. The molecule has 2 aromatic rings. The van der Waals surface area contributed by atoms with Crippen molar-refractivity contribution >= 4 is 11.9 Å². The fourth-order valence-electron chi connectivity index (χ4n) is 5.91. The molecule has 0 saturated carbocycles. The van der Waals surface area contributed by atoms with E-state index >= 15 is 0 Å². The number of halogens is 7. The SMILES string of the molecule is Cc1cc(F)ccc1C1C[C@]2(CC[C@H](C(N)=O)N2)CCN1C(=O)N(C)[C@@H](C)c1cc(C(F)(F)F)cc(C(F)(F)F)c1. The second-order valence-corrected chi connectivity index (χ2v) is 11.0. The summed E-state index contributed by atoms with van der Waals surface area (Å²) < 4.78 is 94.7. The van der Waals surface area contributed by atoms with Gasteiger partial charge in [-0.1, -0.05) is 6.07 Å². The van der Waals surface area contributed by atoms with Crippen molar-refractivity contribution in [1.29, 1.82) is 0 Å². The van der Waals surface area contributed by atoms with E-state index in [-0.39, 0.29) is 18.2 Å². The number of hydrogen-bond acceptors (Lipinski definition) is 3. The summed E-state index contributed by atoms with van der Waals surface area (Å²) in [6, 6.07) is 2.49. The maximum absolute atomic E-state index is 13.9. The van der Waals surface area contributed by atoms with Crippen molar-refractivity contribution in [2.45, 2.75) is 75.5 Å². The molecule has 2 aromatic carbocycles. The second-order valence-electron chi connectivity index (χ2n) is 11.0. The Hall–Kier alpha value is -3.35. The minimum absolute atomic E-state index is 0.0451. The number of nitrogens with zero attached hydrogens (tertiary/aromatic N) is 2. The van der Waals surface area contributed by atoms with E-state index in [9.17, 15) is 40.3 Å². The van der Waals surface area contributed by atoms with Crippen LogP contribution in [-0.4, -0.2) is 46.9 Å². The first kappa shape index (κ1) is 30.6. The highest BCUT2D eigenvalue weighted by molar-refractivity contribution is 5.80. The predicted molar refractivity (Wildman–Crippen MR) is 136 cm³/mol. The molecule has 224 valence electrons. The first-order valence-corrected chi connectivity index (χ1v) is 13.1. The zero-order chi connectivity index (χ0) is 30.5. The number of urea groups is 1. The van der Waals surface area contributed by atoms with E-state index in [2.05, 4.69) is 5.32 Å². The molecular formula is C28H31F7N4O2. The lowest BCUT2D eigenvalue weighted by atomic mass is 9.79. The zero-order valence-corrected chi connectivity index (χ0v) is 22.7. The van der Waals surface area contributed by atoms with Gasteiger partial charge in [0.1, 0.15) is 5.82 Å². The van der Waals surface area contributed by atoms with E-state index in [0.717, 1.165) is 4.90 Å². The molecule has 3 N–H and O–H groups in total. The van der Waals surface area contributed by atoms with Crippen LogP contribution in [0.25, 0.3) is 0 Å². The van der Waals surface area contributed by atoms with Crippen LogP contribution in [0.5, 0.6) is 0 Å². The molecule has 0 aromatic heterocycles. The highest BCUT2D eigenvalue weighted by Crippen LogP contribution is 2.44. The Morgan fingerprint density at radius 1 is 1.05 bits per heavy atom. The highest BCUT2D eigenvalue weighted by Gasteiger charge is 2.48. The molecule has 3 amide bonds. The number of alkyl halides is 6. The van der Waals surface area contributed by atoms with Gasteiger partial charge in [0.2, 0.25) is 5.91 Å². The summed E-state index contributed by atoms with van der Waals surface area (Å²) in [5.74, 6) is -0.971. The van der Waals surface area contributed by atoms with Gasteiger partial charge >= 0.3 is 18.4 Å². The molecule has 4 rings (SSSR count). The maximum atomic E-state index is 13.9. The summed E-state index contributed by atoms with van der Waals surface area (Å²) in [5.41, 5.74) is 2.91. The quantitative estimate of drug-likeness (QED) is 0.424. The molecule has 1 unspecified atom stereocenters. The lowest BCUT2D eigenvalue weighted by Crippen LogP contribution is -2.57. The second kappa shape index (κ2) is 10.8. The van der Waals surface area contributed by atoms with Gasteiger partial charge in [-0.15, -0.1) is 0 Å². The van der Waals surface area contributed by atoms with Crippen LogP contribution < -0.4 is 11.1 Å². The number of aryl methyl sites for hydroxylation is 1. The standard InChI is InChI=1S/C28H31F7N4O2/c1-15-10-20(29)4-5-21(15)23-14-26(7-6-22(37-26)24(36)40)8-9-39(23)25(41)38(3)16(2)17-11-18(27(30,31)32)13-19(12-17)28(33,34)35/h4-5,10-13,16,22-23,37H,6-9,14H2,1-3H3,(H2,36,40)/t16-,22+,23?,26-/m0/s1. The Bertz CT molecular complexity index is 1300. The van der Waals surface area contributed by atoms with Crippen molar-refractivity contribution in [3.63, 3.8) is 0 Å². The number of benzene rings is 2. The number of likely N-dealkylation sites (tertiary alicyclic amines) is 1. The van der Waals surface area contributed by atoms with Crippen LogP contribution in [-0.2, 0) is 17.1 Å². The summed E-state index contributed by atoms with van der Waals surface area (Å²) in [7, 11) is 1.32. The molecular weight excluding hydrogens is 557 g/mol. The number of rotatable bonds is 4. The van der Waals surface area contributed by atoms with Crippen molar-refractivity contribution in [3.8, 4) is 0 Å². The normalized spacial score (nSPS) is 24.0. The molecule has 41 heavy (non-hydrogen) atoms. The first-order valence-electron chi connectivity index (χ1n) is 13.1. The third-order valence-electron chi connectivity index (χ3n) is 8.34. The molecule has 6 nitrogen and oxygen atoms in total.